The Bertz CT molecular complexity index is 364. The van der Waals surface area contributed by atoms with E-state index in [4.69, 9.17) is 4.74 Å². The van der Waals surface area contributed by atoms with Crippen LogP contribution in [-0.4, -0.2) is 42.7 Å². The summed E-state index contributed by atoms with van der Waals surface area (Å²) in [7, 11) is 1.64. The van der Waals surface area contributed by atoms with Crippen LogP contribution in [0.5, 0.6) is 5.88 Å². The lowest BCUT2D eigenvalue weighted by Gasteiger charge is -2.32. The van der Waals surface area contributed by atoms with Gasteiger partial charge in [-0.15, -0.1) is 0 Å². The number of anilines is 1. The zero-order chi connectivity index (χ0) is 12.8. The topological polar surface area (TPSA) is 37.4 Å². The van der Waals surface area contributed by atoms with Gasteiger partial charge in [0.1, 0.15) is 5.82 Å². The van der Waals surface area contributed by atoms with Crippen LogP contribution in [0.2, 0.25) is 0 Å². The Labute approximate surface area is 109 Å². The third-order valence-electron chi connectivity index (χ3n) is 3.53. The van der Waals surface area contributed by atoms with Gasteiger partial charge >= 0.3 is 0 Å². The van der Waals surface area contributed by atoms with E-state index in [0.717, 1.165) is 12.4 Å². The van der Waals surface area contributed by atoms with Gasteiger partial charge in [0.2, 0.25) is 5.88 Å². The molecule has 4 nitrogen and oxygen atoms in total. The maximum Gasteiger partial charge on any atom is 0.214 e. The summed E-state index contributed by atoms with van der Waals surface area (Å²) >= 11 is 0. The summed E-state index contributed by atoms with van der Waals surface area (Å²) in [5.74, 6) is 1.55. The van der Waals surface area contributed by atoms with E-state index < -0.39 is 0 Å². The summed E-state index contributed by atoms with van der Waals surface area (Å²) in [5, 5.41) is 3.38. The van der Waals surface area contributed by atoms with Crippen LogP contribution in [0.25, 0.3) is 0 Å². The van der Waals surface area contributed by atoms with Crippen molar-refractivity contribution in [2.45, 2.75) is 32.2 Å². The monoisotopic (exact) mass is 249 g/mol. The summed E-state index contributed by atoms with van der Waals surface area (Å²) in [5.41, 5.74) is 0. The molecular weight excluding hydrogens is 226 g/mol. The molecule has 2 rings (SSSR count). The molecule has 1 aromatic heterocycles. The van der Waals surface area contributed by atoms with Gasteiger partial charge in [-0.25, -0.2) is 0 Å². The highest BCUT2D eigenvalue weighted by Gasteiger charge is 2.16. The van der Waals surface area contributed by atoms with E-state index in [2.05, 4.69) is 22.1 Å². The largest absolute Gasteiger partial charge is 0.481 e. The minimum absolute atomic E-state index is 0.554. The Hall–Kier alpha value is -1.29. The van der Waals surface area contributed by atoms with E-state index >= 15 is 0 Å². The number of methoxy groups -OCH3 is 1. The molecule has 4 heteroatoms. The van der Waals surface area contributed by atoms with Crippen LogP contribution in [0.1, 0.15) is 26.2 Å². The highest BCUT2D eigenvalue weighted by molar-refractivity contribution is 5.37. The second-order valence-electron chi connectivity index (χ2n) is 4.89. The van der Waals surface area contributed by atoms with Gasteiger partial charge in [0.25, 0.3) is 0 Å². The molecule has 0 amide bonds. The normalized spacial score (nSPS) is 18.3. The minimum Gasteiger partial charge on any atom is -0.481 e. The molecule has 1 aromatic rings. The molecule has 18 heavy (non-hydrogen) atoms. The summed E-state index contributed by atoms with van der Waals surface area (Å²) < 4.78 is 5.12. The second kappa shape index (κ2) is 6.59. The number of ether oxygens (including phenoxy) is 1. The molecule has 1 unspecified atom stereocenters. The zero-order valence-corrected chi connectivity index (χ0v) is 11.4. The Balaban J connectivity index is 1.82. The minimum atomic E-state index is 0.554. The molecule has 1 N–H and O–H groups in total. The van der Waals surface area contributed by atoms with Crippen molar-refractivity contribution in [1.29, 1.82) is 0 Å². The van der Waals surface area contributed by atoms with Gasteiger partial charge in [0.05, 0.1) is 7.11 Å². The van der Waals surface area contributed by atoms with E-state index in [0.29, 0.717) is 11.9 Å². The quantitative estimate of drug-likeness (QED) is 0.869. The van der Waals surface area contributed by atoms with E-state index in [1.807, 2.05) is 18.2 Å². The number of rotatable bonds is 5. The van der Waals surface area contributed by atoms with Gasteiger partial charge < -0.3 is 10.1 Å². The lowest BCUT2D eigenvalue weighted by molar-refractivity contribution is 0.180. The van der Waals surface area contributed by atoms with Crippen LogP contribution in [0.15, 0.2) is 18.2 Å². The molecule has 0 saturated carbocycles. The van der Waals surface area contributed by atoms with Gasteiger partial charge in [-0.05, 0) is 38.9 Å². The maximum absolute atomic E-state index is 5.12. The molecule has 0 bridgehead atoms. The van der Waals surface area contributed by atoms with Gasteiger partial charge in [0.15, 0.2) is 0 Å². The molecule has 0 radical (unpaired) electrons. The lowest BCUT2D eigenvalue weighted by atomic mass is 10.1. The first-order chi connectivity index (χ1) is 8.79. The van der Waals surface area contributed by atoms with Crippen molar-refractivity contribution in [3.63, 3.8) is 0 Å². The van der Waals surface area contributed by atoms with Gasteiger partial charge in [0, 0.05) is 18.7 Å². The average Bonchev–Trinajstić information content (AvgIpc) is 2.46. The smallest absolute Gasteiger partial charge is 0.214 e. The molecule has 1 fully saturated rings. The van der Waals surface area contributed by atoms with Crippen molar-refractivity contribution in [2.24, 2.45) is 0 Å². The maximum atomic E-state index is 5.12. The van der Waals surface area contributed by atoms with Crippen molar-refractivity contribution in [1.82, 2.24) is 9.88 Å². The predicted octanol–water partition coefficient (Wildman–Crippen LogP) is 2.38. The molecule has 0 spiro atoms. The van der Waals surface area contributed by atoms with E-state index in [-0.39, 0.29) is 0 Å². The molecule has 100 valence electrons. The highest BCUT2D eigenvalue weighted by atomic mass is 16.5. The molecule has 2 heterocycles. The van der Waals surface area contributed by atoms with Crippen molar-refractivity contribution >= 4 is 5.82 Å². The number of likely N-dealkylation sites (tertiary alicyclic amines) is 1. The summed E-state index contributed by atoms with van der Waals surface area (Å²) in [6.07, 6.45) is 4.05. The molecular formula is C14H23N3O. The van der Waals surface area contributed by atoms with Crippen LogP contribution >= 0.6 is 0 Å². The number of pyridine rings is 1. The van der Waals surface area contributed by atoms with Gasteiger partial charge in [-0.1, -0.05) is 12.5 Å². The fraction of sp³-hybridized carbons (Fsp3) is 0.643. The zero-order valence-electron chi connectivity index (χ0n) is 11.4. The van der Waals surface area contributed by atoms with Crippen LogP contribution in [0, 0.1) is 0 Å². The predicted molar refractivity (Wildman–Crippen MR) is 74.2 cm³/mol. The van der Waals surface area contributed by atoms with E-state index in [1.165, 1.54) is 32.4 Å². The van der Waals surface area contributed by atoms with Crippen molar-refractivity contribution in [3.05, 3.63) is 18.2 Å². The Morgan fingerprint density at radius 2 is 2.11 bits per heavy atom. The Kier molecular flexibility index (Phi) is 4.81. The number of piperidine rings is 1. The average molecular weight is 249 g/mol. The highest BCUT2D eigenvalue weighted by Crippen LogP contribution is 2.14. The fourth-order valence-electron chi connectivity index (χ4n) is 2.37. The lowest BCUT2D eigenvalue weighted by Crippen LogP contribution is -2.41. The number of hydrogen-bond donors (Lipinski definition) is 1. The summed E-state index contributed by atoms with van der Waals surface area (Å²) in [6, 6.07) is 6.35. The van der Waals surface area contributed by atoms with E-state index in [1.54, 1.807) is 7.11 Å². The standard InChI is InChI=1S/C14H23N3O/c1-12(17-9-4-3-5-10-17)11-15-13-7-6-8-14(16-13)18-2/h6-8,12H,3-5,9-11H2,1-2H3,(H,15,16). The molecule has 1 saturated heterocycles. The van der Waals surface area contributed by atoms with E-state index in [9.17, 15) is 0 Å². The molecule has 1 aliphatic heterocycles. The third kappa shape index (κ3) is 3.60. The number of nitrogens with zero attached hydrogens (tertiary/aromatic N) is 2. The number of hydrogen-bond acceptors (Lipinski definition) is 4. The first-order valence-electron chi connectivity index (χ1n) is 6.78. The molecule has 0 aliphatic carbocycles. The molecule has 1 atom stereocenters. The number of nitrogens with one attached hydrogen (secondary N) is 1. The summed E-state index contributed by atoms with van der Waals surface area (Å²) in [4.78, 5) is 6.91. The van der Waals surface area contributed by atoms with Crippen LogP contribution < -0.4 is 10.1 Å². The first kappa shape index (κ1) is 13.1. The van der Waals surface area contributed by atoms with Crippen LogP contribution in [0.3, 0.4) is 0 Å². The third-order valence-corrected chi connectivity index (χ3v) is 3.53. The molecule has 0 aromatic carbocycles. The summed E-state index contributed by atoms with van der Waals surface area (Å²) in [6.45, 7) is 5.67. The van der Waals surface area contributed by atoms with Crippen molar-refractivity contribution < 1.29 is 4.74 Å². The Morgan fingerprint density at radius 3 is 2.83 bits per heavy atom. The van der Waals surface area contributed by atoms with Crippen molar-refractivity contribution in [3.8, 4) is 5.88 Å². The van der Waals surface area contributed by atoms with Crippen LogP contribution in [0.4, 0.5) is 5.82 Å². The number of aromatic nitrogens is 1. The Morgan fingerprint density at radius 1 is 1.33 bits per heavy atom. The molecule has 1 aliphatic rings. The van der Waals surface area contributed by atoms with Crippen molar-refractivity contribution in [2.75, 3.05) is 32.1 Å². The fourth-order valence-corrected chi connectivity index (χ4v) is 2.37. The van der Waals surface area contributed by atoms with Crippen LogP contribution in [-0.2, 0) is 0 Å². The van der Waals surface area contributed by atoms with Gasteiger partial charge in [-0.2, -0.15) is 4.98 Å². The van der Waals surface area contributed by atoms with Gasteiger partial charge in [-0.3, -0.25) is 4.90 Å². The first-order valence-corrected chi connectivity index (χ1v) is 6.78. The second-order valence-corrected chi connectivity index (χ2v) is 4.89. The SMILES string of the molecule is COc1cccc(NCC(C)N2CCCCC2)n1.